The largest absolute Gasteiger partial charge is 0.316 e. The summed E-state index contributed by atoms with van der Waals surface area (Å²) in [5.41, 5.74) is 0. The third kappa shape index (κ3) is 2.48. The average Bonchev–Trinajstić information content (AvgIpc) is 2.09. The number of hydrogen-bond donors (Lipinski definition) is 1. The van der Waals surface area contributed by atoms with Crippen LogP contribution in [-0.4, -0.2) is 13.1 Å². The molecule has 65 valence electrons. The van der Waals surface area contributed by atoms with Crippen molar-refractivity contribution in [1.29, 1.82) is 0 Å². The Morgan fingerprint density at radius 2 is 1.91 bits per heavy atom. The van der Waals surface area contributed by atoms with Crippen molar-refractivity contribution < 1.29 is 0 Å². The first kappa shape index (κ1) is 9.05. The molecule has 1 heteroatoms. The second-order valence-electron chi connectivity index (χ2n) is 3.55. The van der Waals surface area contributed by atoms with E-state index in [-0.39, 0.29) is 0 Å². The molecule has 1 aliphatic rings. The van der Waals surface area contributed by atoms with Crippen molar-refractivity contribution in [2.45, 2.75) is 45.1 Å². The Morgan fingerprint density at radius 3 is 2.36 bits per heavy atom. The Bertz CT molecular complexity index is 91.0. The lowest BCUT2D eigenvalue weighted by molar-refractivity contribution is 0.299. The number of rotatable bonds is 3. The summed E-state index contributed by atoms with van der Waals surface area (Å²) in [5, 5.41) is 3.37. The normalized spacial score (nSPS) is 23.5. The first-order valence-corrected chi connectivity index (χ1v) is 4.85. The second kappa shape index (κ2) is 4.76. The van der Waals surface area contributed by atoms with E-state index in [9.17, 15) is 0 Å². The van der Waals surface area contributed by atoms with Crippen LogP contribution >= 0.6 is 0 Å². The summed E-state index contributed by atoms with van der Waals surface area (Å²) in [7, 11) is 2.07. The van der Waals surface area contributed by atoms with Crippen LogP contribution < -0.4 is 5.32 Å². The van der Waals surface area contributed by atoms with E-state index in [1.165, 1.54) is 32.1 Å². The van der Waals surface area contributed by atoms with Gasteiger partial charge in [-0.1, -0.05) is 26.2 Å². The molecule has 11 heavy (non-hydrogen) atoms. The van der Waals surface area contributed by atoms with Gasteiger partial charge in [-0.15, -0.1) is 0 Å². The Morgan fingerprint density at radius 1 is 1.27 bits per heavy atom. The molecule has 1 fully saturated rings. The molecule has 0 heterocycles. The predicted molar refractivity (Wildman–Crippen MR) is 49.4 cm³/mol. The Labute approximate surface area is 70.6 Å². The minimum absolute atomic E-state index is 0.662. The highest BCUT2D eigenvalue weighted by atomic mass is 14.9. The van der Waals surface area contributed by atoms with Crippen LogP contribution in [0.4, 0.5) is 0 Å². The zero-order valence-electron chi connectivity index (χ0n) is 7.77. The fraction of sp³-hybridized carbons (Fsp3) is 0.900. The molecule has 1 aliphatic carbocycles. The number of hydrogen-bond acceptors (Lipinski definition) is 1. The molecule has 0 spiro atoms. The van der Waals surface area contributed by atoms with Crippen molar-refractivity contribution in [3.63, 3.8) is 0 Å². The molecule has 0 bridgehead atoms. The van der Waals surface area contributed by atoms with E-state index in [0.717, 1.165) is 5.92 Å². The minimum atomic E-state index is 0.662. The first-order valence-electron chi connectivity index (χ1n) is 4.85. The molecule has 1 rings (SSSR count). The van der Waals surface area contributed by atoms with E-state index in [1.807, 2.05) is 0 Å². The average molecular weight is 154 g/mol. The van der Waals surface area contributed by atoms with Gasteiger partial charge in [0.2, 0.25) is 0 Å². The standard InChI is InChI=1S/C10H20N/c1-3-10(11-2)9-7-5-4-6-8-9/h3,9-11H,4-8H2,1-2H3. The lowest BCUT2D eigenvalue weighted by Gasteiger charge is -2.28. The van der Waals surface area contributed by atoms with Gasteiger partial charge < -0.3 is 5.32 Å². The maximum absolute atomic E-state index is 3.37. The lowest BCUT2D eigenvalue weighted by Crippen LogP contribution is -2.34. The van der Waals surface area contributed by atoms with Gasteiger partial charge in [0.1, 0.15) is 0 Å². The zero-order chi connectivity index (χ0) is 8.10. The molecular formula is C10H20N. The second-order valence-corrected chi connectivity index (χ2v) is 3.55. The lowest BCUT2D eigenvalue weighted by atomic mass is 9.83. The van der Waals surface area contributed by atoms with Gasteiger partial charge in [-0.3, -0.25) is 0 Å². The third-order valence-electron chi connectivity index (χ3n) is 2.85. The van der Waals surface area contributed by atoms with E-state index >= 15 is 0 Å². The monoisotopic (exact) mass is 154 g/mol. The molecule has 0 aromatic carbocycles. The van der Waals surface area contributed by atoms with E-state index in [0.29, 0.717) is 6.04 Å². The maximum atomic E-state index is 3.37. The van der Waals surface area contributed by atoms with Crippen LogP contribution in [-0.2, 0) is 0 Å². The number of nitrogens with one attached hydrogen (secondary N) is 1. The molecule has 1 nitrogen and oxygen atoms in total. The van der Waals surface area contributed by atoms with Crippen LogP contribution in [0, 0.1) is 12.3 Å². The van der Waals surface area contributed by atoms with Gasteiger partial charge in [0, 0.05) is 6.04 Å². The van der Waals surface area contributed by atoms with Crippen molar-refractivity contribution >= 4 is 0 Å². The van der Waals surface area contributed by atoms with E-state index in [1.54, 1.807) is 0 Å². The van der Waals surface area contributed by atoms with Crippen molar-refractivity contribution in [2.24, 2.45) is 5.92 Å². The maximum Gasteiger partial charge on any atom is 0.0121 e. The molecule has 0 amide bonds. The molecule has 0 aromatic rings. The molecular weight excluding hydrogens is 134 g/mol. The molecule has 1 radical (unpaired) electrons. The van der Waals surface area contributed by atoms with Crippen LogP contribution in [0.1, 0.15) is 39.0 Å². The SMILES string of the molecule is C[CH]C(NC)C1CCCCC1. The van der Waals surface area contributed by atoms with E-state index in [4.69, 9.17) is 0 Å². The summed E-state index contributed by atoms with van der Waals surface area (Å²) in [4.78, 5) is 0. The van der Waals surface area contributed by atoms with E-state index < -0.39 is 0 Å². The van der Waals surface area contributed by atoms with Gasteiger partial charge in [-0.2, -0.15) is 0 Å². The topological polar surface area (TPSA) is 12.0 Å². The van der Waals surface area contributed by atoms with Gasteiger partial charge in [-0.05, 0) is 32.2 Å². The van der Waals surface area contributed by atoms with Crippen molar-refractivity contribution in [3.8, 4) is 0 Å². The van der Waals surface area contributed by atoms with E-state index in [2.05, 4.69) is 25.7 Å². The zero-order valence-corrected chi connectivity index (χ0v) is 7.77. The molecule has 0 saturated heterocycles. The summed E-state index contributed by atoms with van der Waals surface area (Å²) in [6.45, 7) is 2.16. The summed E-state index contributed by atoms with van der Waals surface area (Å²) >= 11 is 0. The van der Waals surface area contributed by atoms with Crippen molar-refractivity contribution in [3.05, 3.63) is 6.42 Å². The fourth-order valence-corrected chi connectivity index (χ4v) is 2.17. The van der Waals surface area contributed by atoms with Gasteiger partial charge in [0.15, 0.2) is 0 Å². The molecule has 1 unspecified atom stereocenters. The van der Waals surface area contributed by atoms with Crippen LogP contribution in [0.2, 0.25) is 0 Å². The van der Waals surface area contributed by atoms with Crippen LogP contribution in [0.5, 0.6) is 0 Å². The highest BCUT2D eigenvalue weighted by Gasteiger charge is 2.20. The Hall–Kier alpha value is -0.0400. The highest BCUT2D eigenvalue weighted by Crippen LogP contribution is 2.27. The highest BCUT2D eigenvalue weighted by molar-refractivity contribution is 4.86. The summed E-state index contributed by atoms with van der Waals surface area (Å²) in [5.74, 6) is 0.916. The Kier molecular flexibility index (Phi) is 3.92. The molecule has 0 aliphatic heterocycles. The molecule has 0 aromatic heterocycles. The molecule has 1 atom stereocenters. The quantitative estimate of drug-likeness (QED) is 0.658. The first-order chi connectivity index (χ1) is 5.38. The van der Waals surface area contributed by atoms with Crippen LogP contribution in [0.3, 0.4) is 0 Å². The van der Waals surface area contributed by atoms with Crippen LogP contribution in [0.15, 0.2) is 0 Å². The third-order valence-corrected chi connectivity index (χ3v) is 2.85. The van der Waals surface area contributed by atoms with Gasteiger partial charge in [0.25, 0.3) is 0 Å². The van der Waals surface area contributed by atoms with Crippen molar-refractivity contribution in [1.82, 2.24) is 5.32 Å². The van der Waals surface area contributed by atoms with Gasteiger partial charge in [-0.25, -0.2) is 0 Å². The minimum Gasteiger partial charge on any atom is -0.316 e. The summed E-state index contributed by atoms with van der Waals surface area (Å²) in [6, 6.07) is 0.662. The summed E-state index contributed by atoms with van der Waals surface area (Å²) < 4.78 is 0. The fourth-order valence-electron chi connectivity index (χ4n) is 2.17. The Balaban J connectivity index is 2.30. The van der Waals surface area contributed by atoms with Gasteiger partial charge >= 0.3 is 0 Å². The summed E-state index contributed by atoms with van der Waals surface area (Å²) in [6.07, 6.45) is 9.49. The molecule has 1 N–H and O–H groups in total. The smallest absolute Gasteiger partial charge is 0.0121 e. The van der Waals surface area contributed by atoms with Gasteiger partial charge in [0.05, 0.1) is 0 Å². The van der Waals surface area contributed by atoms with Crippen molar-refractivity contribution in [2.75, 3.05) is 7.05 Å². The predicted octanol–water partition coefficient (Wildman–Crippen LogP) is 2.38. The molecule has 1 saturated carbocycles. The van der Waals surface area contributed by atoms with Crippen LogP contribution in [0.25, 0.3) is 0 Å².